The lowest BCUT2D eigenvalue weighted by Crippen LogP contribution is -2.55. The van der Waals surface area contributed by atoms with Gasteiger partial charge in [-0.25, -0.2) is 4.39 Å². The van der Waals surface area contributed by atoms with E-state index in [9.17, 15) is 9.59 Å². The lowest BCUT2D eigenvalue weighted by atomic mass is 9.86. The molecule has 3 N–H and O–H groups in total. The highest BCUT2D eigenvalue weighted by Gasteiger charge is 2.45. The second-order valence-electron chi connectivity index (χ2n) is 9.01. The third kappa shape index (κ3) is 4.54. The van der Waals surface area contributed by atoms with E-state index in [1.165, 1.54) is 12.2 Å². The normalized spacial score (nSPS) is 20.1. The summed E-state index contributed by atoms with van der Waals surface area (Å²) in [5.41, 5.74) is -0.175. The highest BCUT2D eigenvalue weighted by atomic mass is 35.5. The molecule has 1 aliphatic rings. The van der Waals surface area contributed by atoms with Crippen LogP contribution in [0.4, 0.5) is 10.1 Å². The maximum absolute atomic E-state index is 15.9. The molecule has 2 aromatic carbocycles. The van der Waals surface area contributed by atoms with Crippen LogP contribution in [-0.4, -0.2) is 33.7 Å². The number of halogens is 2. The van der Waals surface area contributed by atoms with Gasteiger partial charge in [0.25, 0.3) is 11.8 Å². The van der Waals surface area contributed by atoms with Crippen molar-refractivity contribution in [3.8, 4) is 0 Å². The van der Waals surface area contributed by atoms with E-state index in [-0.39, 0.29) is 5.41 Å². The molecule has 0 bridgehead atoms. The number of carbonyl (C=O) groups excluding carboxylic acids is 2. The Labute approximate surface area is 195 Å². The number of aromatic amines is 1. The lowest BCUT2D eigenvalue weighted by Gasteiger charge is -2.30. The van der Waals surface area contributed by atoms with E-state index in [0.717, 1.165) is 11.6 Å². The number of alkyl halides is 1. The maximum atomic E-state index is 15.9. The van der Waals surface area contributed by atoms with Gasteiger partial charge in [-0.1, -0.05) is 62.7 Å². The van der Waals surface area contributed by atoms with Gasteiger partial charge in [0.15, 0.2) is 0 Å². The summed E-state index contributed by atoms with van der Waals surface area (Å²) in [5.74, 6) is -1.37. The van der Waals surface area contributed by atoms with Gasteiger partial charge < -0.3 is 10.6 Å². The van der Waals surface area contributed by atoms with E-state index in [1.807, 2.05) is 12.1 Å². The van der Waals surface area contributed by atoms with Crippen LogP contribution >= 0.6 is 11.6 Å². The maximum Gasteiger partial charge on any atom is 0.268 e. The minimum atomic E-state index is -2.48. The molecule has 2 amide bonds. The molecule has 1 aliphatic carbocycles. The molecule has 1 aromatic heterocycles. The molecule has 4 rings (SSSR count). The zero-order chi connectivity index (χ0) is 23.8. The lowest BCUT2D eigenvalue weighted by molar-refractivity contribution is -0.125. The van der Waals surface area contributed by atoms with E-state index in [2.05, 4.69) is 41.6 Å². The van der Waals surface area contributed by atoms with Crippen LogP contribution in [0.5, 0.6) is 0 Å². The number of aromatic nitrogens is 2. The van der Waals surface area contributed by atoms with Gasteiger partial charge in [-0.05, 0) is 47.4 Å². The van der Waals surface area contributed by atoms with Crippen LogP contribution in [0.2, 0.25) is 5.15 Å². The Kier molecular flexibility index (Phi) is 5.84. The van der Waals surface area contributed by atoms with Crippen molar-refractivity contribution < 1.29 is 14.0 Å². The summed E-state index contributed by atoms with van der Waals surface area (Å²) in [6, 6.07) is 10.8. The van der Waals surface area contributed by atoms with Gasteiger partial charge in [0.2, 0.25) is 5.67 Å². The number of nitrogens with zero attached hydrogens (tertiary/aromatic N) is 1. The van der Waals surface area contributed by atoms with Crippen LogP contribution in [0.1, 0.15) is 36.7 Å². The van der Waals surface area contributed by atoms with Crippen LogP contribution in [0.25, 0.3) is 10.9 Å². The summed E-state index contributed by atoms with van der Waals surface area (Å²) in [7, 11) is 0. The smallest absolute Gasteiger partial charge is 0.268 e. The van der Waals surface area contributed by atoms with Crippen molar-refractivity contribution in [2.75, 3.05) is 5.32 Å². The van der Waals surface area contributed by atoms with Crippen molar-refractivity contribution in [1.29, 1.82) is 0 Å². The monoisotopic (exact) mass is 466 g/mol. The number of H-pyrrole nitrogens is 1. The quantitative estimate of drug-likeness (QED) is 0.500. The fourth-order valence-corrected chi connectivity index (χ4v) is 3.82. The Hall–Kier alpha value is -3.45. The van der Waals surface area contributed by atoms with Crippen LogP contribution < -0.4 is 10.6 Å². The first-order valence-corrected chi connectivity index (χ1v) is 10.9. The minimum Gasteiger partial charge on any atom is -0.342 e. The number of rotatable bonds is 4. The number of fused-ring (bicyclic) bond motifs is 1. The molecule has 2 unspecified atom stereocenters. The molecule has 6 nitrogen and oxygen atoms in total. The average molecular weight is 467 g/mol. The van der Waals surface area contributed by atoms with Crippen LogP contribution in [0.3, 0.4) is 0 Å². The minimum absolute atomic E-state index is 0.0532. The van der Waals surface area contributed by atoms with Gasteiger partial charge in [-0.3, -0.25) is 14.7 Å². The SMILES string of the molecule is CC(C)(C)c1ccc(C(=O)NC2C=CC=CC2(F)C(=O)Nc2ccc3c(Cl)[nH]nc3c2)cc1. The Balaban J connectivity index is 1.51. The Morgan fingerprint density at radius 3 is 2.55 bits per heavy atom. The summed E-state index contributed by atoms with van der Waals surface area (Å²) in [5, 5.41) is 13.0. The van der Waals surface area contributed by atoms with Crippen molar-refractivity contribution in [2.45, 2.75) is 37.9 Å². The van der Waals surface area contributed by atoms with E-state index in [0.29, 0.717) is 27.3 Å². The second-order valence-corrected chi connectivity index (χ2v) is 9.39. The third-order valence-electron chi connectivity index (χ3n) is 5.62. The first-order chi connectivity index (χ1) is 15.6. The molecule has 170 valence electrons. The Bertz CT molecular complexity index is 1270. The largest absolute Gasteiger partial charge is 0.342 e. The number of amides is 2. The Morgan fingerprint density at radius 1 is 1.12 bits per heavy atom. The summed E-state index contributed by atoms with van der Waals surface area (Å²) < 4.78 is 15.9. The van der Waals surface area contributed by atoms with E-state index in [4.69, 9.17) is 11.6 Å². The Morgan fingerprint density at radius 2 is 1.85 bits per heavy atom. The second kappa shape index (κ2) is 8.48. The molecule has 33 heavy (non-hydrogen) atoms. The van der Waals surface area contributed by atoms with Crippen molar-refractivity contribution in [3.05, 3.63) is 83.0 Å². The molecule has 0 fully saturated rings. The molecule has 0 saturated carbocycles. The average Bonchev–Trinajstić information content (AvgIpc) is 3.15. The van der Waals surface area contributed by atoms with Crippen LogP contribution in [0.15, 0.2) is 66.8 Å². The zero-order valence-corrected chi connectivity index (χ0v) is 19.2. The summed E-state index contributed by atoms with van der Waals surface area (Å²) in [6.07, 6.45) is 5.63. The van der Waals surface area contributed by atoms with Gasteiger partial charge in [-0.15, -0.1) is 0 Å². The van der Waals surface area contributed by atoms with E-state index >= 15 is 4.39 Å². The van der Waals surface area contributed by atoms with Gasteiger partial charge in [0, 0.05) is 16.6 Å². The summed E-state index contributed by atoms with van der Waals surface area (Å²) >= 11 is 6.00. The van der Waals surface area contributed by atoms with Gasteiger partial charge in [0.05, 0.1) is 11.6 Å². The molecule has 1 heterocycles. The van der Waals surface area contributed by atoms with Gasteiger partial charge in [0.1, 0.15) is 5.15 Å². The molecule has 0 saturated heterocycles. The summed E-state index contributed by atoms with van der Waals surface area (Å²) in [4.78, 5) is 25.7. The van der Waals surface area contributed by atoms with Gasteiger partial charge >= 0.3 is 0 Å². The highest BCUT2D eigenvalue weighted by Crippen LogP contribution is 2.28. The molecule has 8 heteroatoms. The first kappa shape index (κ1) is 22.7. The number of hydrogen-bond acceptors (Lipinski definition) is 3. The van der Waals surface area contributed by atoms with Crippen LogP contribution in [-0.2, 0) is 10.2 Å². The van der Waals surface area contributed by atoms with Crippen molar-refractivity contribution in [1.82, 2.24) is 15.5 Å². The molecule has 0 spiro atoms. The molecule has 0 aliphatic heterocycles. The molecule has 2 atom stereocenters. The van der Waals surface area contributed by atoms with E-state index in [1.54, 1.807) is 36.4 Å². The highest BCUT2D eigenvalue weighted by molar-refractivity contribution is 6.34. The molecule has 0 radical (unpaired) electrons. The van der Waals surface area contributed by atoms with Crippen molar-refractivity contribution in [2.24, 2.45) is 0 Å². The van der Waals surface area contributed by atoms with Crippen LogP contribution in [0, 0.1) is 0 Å². The standard InChI is InChI=1S/C25H24ClFN4O2/c1-24(2,3)16-9-7-15(8-10-16)22(32)29-20-6-4-5-13-25(20,27)23(33)28-17-11-12-18-19(14-17)30-31-21(18)26/h4-14,20H,1-3H3,(H,28,33)(H,29,32)(H,30,31). The number of carbonyl (C=O) groups is 2. The number of nitrogens with one attached hydrogen (secondary N) is 3. The van der Waals surface area contributed by atoms with E-state index < -0.39 is 23.5 Å². The fourth-order valence-electron chi connectivity index (χ4n) is 3.61. The molecule has 3 aromatic rings. The van der Waals surface area contributed by atoms with Crippen molar-refractivity contribution in [3.63, 3.8) is 0 Å². The summed E-state index contributed by atoms with van der Waals surface area (Å²) in [6.45, 7) is 6.24. The first-order valence-electron chi connectivity index (χ1n) is 10.5. The number of hydrogen-bond donors (Lipinski definition) is 3. The number of anilines is 1. The fraction of sp³-hybridized carbons (Fsp3) is 0.240. The topological polar surface area (TPSA) is 86.9 Å². The molecular formula is C25H24ClFN4O2. The van der Waals surface area contributed by atoms with Gasteiger partial charge in [-0.2, -0.15) is 5.10 Å². The third-order valence-corrected chi connectivity index (χ3v) is 5.91. The number of benzene rings is 2. The predicted molar refractivity (Wildman–Crippen MR) is 128 cm³/mol. The number of allylic oxidation sites excluding steroid dienone is 2. The molecular weight excluding hydrogens is 443 g/mol. The predicted octanol–water partition coefficient (Wildman–Crippen LogP) is 5.09. The zero-order valence-electron chi connectivity index (χ0n) is 18.4. The van der Waals surface area contributed by atoms with Crippen molar-refractivity contribution >= 4 is 40.0 Å².